The number of nitrogens with zero attached hydrogens (tertiary/aromatic N) is 3. The number of nitrogens with one attached hydrogen (secondary N) is 2. The maximum Gasteiger partial charge on any atom is 0.416 e. The lowest BCUT2D eigenvalue weighted by Crippen LogP contribution is -2.18. The maximum absolute atomic E-state index is 12.9. The van der Waals surface area contributed by atoms with E-state index in [0.29, 0.717) is 33.3 Å². The van der Waals surface area contributed by atoms with Crippen LogP contribution in [0.1, 0.15) is 18.3 Å². The number of alkyl halides is 3. The van der Waals surface area contributed by atoms with Gasteiger partial charge in [0.25, 0.3) is 0 Å². The fourth-order valence-corrected chi connectivity index (χ4v) is 4.06. The minimum Gasteiger partial charge on any atom is -0.326 e. The van der Waals surface area contributed by atoms with Crippen LogP contribution in [0.25, 0.3) is 0 Å². The second kappa shape index (κ2) is 11.1. The van der Waals surface area contributed by atoms with Crippen molar-refractivity contribution in [1.82, 2.24) is 14.8 Å². The van der Waals surface area contributed by atoms with E-state index in [-0.39, 0.29) is 23.8 Å². The van der Waals surface area contributed by atoms with Crippen LogP contribution in [0.2, 0.25) is 10.0 Å². The number of anilines is 2. The minimum absolute atomic E-state index is 0.00257. The van der Waals surface area contributed by atoms with Crippen LogP contribution in [0.4, 0.5) is 24.5 Å². The van der Waals surface area contributed by atoms with Crippen molar-refractivity contribution in [2.45, 2.75) is 31.2 Å². The molecule has 0 spiro atoms. The average molecular weight is 532 g/mol. The lowest BCUT2D eigenvalue weighted by Gasteiger charge is -2.11. The van der Waals surface area contributed by atoms with Gasteiger partial charge in [-0.05, 0) is 43.3 Å². The lowest BCUT2D eigenvalue weighted by molar-refractivity contribution is -0.137. The Morgan fingerprint density at radius 2 is 1.82 bits per heavy atom. The molecule has 1 heterocycles. The van der Waals surface area contributed by atoms with E-state index in [0.717, 1.165) is 23.9 Å². The number of halogens is 5. The summed E-state index contributed by atoms with van der Waals surface area (Å²) in [5, 5.41) is 14.3. The number of amides is 2. The molecule has 2 N–H and O–H groups in total. The Bertz CT molecular complexity index is 1200. The van der Waals surface area contributed by atoms with Crippen molar-refractivity contribution in [3.8, 4) is 0 Å². The molecule has 2 aromatic carbocycles. The van der Waals surface area contributed by atoms with Crippen molar-refractivity contribution >= 4 is 58.2 Å². The second-order valence-electron chi connectivity index (χ2n) is 6.91. The SMILES string of the molecule is CCn1c(CC(=O)Nc2cccc(C(F)(F)F)c2)nnc1SCC(=O)Nc1cc(Cl)ccc1Cl. The Hall–Kier alpha value is -2.76. The molecule has 0 fully saturated rings. The topological polar surface area (TPSA) is 88.9 Å². The first-order valence-corrected chi connectivity index (χ1v) is 11.6. The summed E-state index contributed by atoms with van der Waals surface area (Å²) in [5.74, 6) is -0.583. The predicted octanol–water partition coefficient (Wildman–Crippen LogP) is 5.54. The number of hydrogen-bond donors (Lipinski definition) is 2. The van der Waals surface area contributed by atoms with E-state index in [4.69, 9.17) is 23.2 Å². The van der Waals surface area contributed by atoms with Gasteiger partial charge in [-0.25, -0.2) is 0 Å². The summed E-state index contributed by atoms with van der Waals surface area (Å²) in [7, 11) is 0. The number of aromatic nitrogens is 3. The lowest BCUT2D eigenvalue weighted by atomic mass is 10.2. The summed E-state index contributed by atoms with van der Waals surface area (Å²) in [4.78, 5) is 24.7. The number of carbonyl (C=O) groups is 2. The monoisotopic (exact) mass is 531 g/mol. The second-order valence-corrected chi connectivity index (χ2v) is 8.69. The Labute approximate surface area is 207 Å². The third-order valence-corrected chi connectivity index (χ3v) is 5.97. The van der Waals surface area contributed by atoms with Crippen LogP contribution in [0.5, 0.6) is 0 Å². The summed E-state index contributed by atoms with van der Waals surface area (Å²) in [5.41, 5.74) is -0.463. The van der Waals surface area contributed by atoms with Gasteiger partial charge < -0.3 is 15.2 Å². The first-order valence-electron chi connectivity index (χ1n) is 9.83. The molecule has 0 atom stereocenters. The molecule has 34 heavy (non-hydrogen) atoms. The smallest absolute Gasteiger partial charge is 0.326 e. The largest absolute Gasteiger partial charge is 0.416 e. The van der Waals surface area contributed by atoms with Gasteiger partial charge in [-0.15, -0.1) is 10.2 Å². The van der Waals surface area contributed by atoms with Crippen molar-refractivity contribution in [1.29, 1.82) is 0 Å². The molecule has 13 heteroatoms. The highest BCUT2D eigenvalue weighted by atomic mass is 35.5. The van der Waals surface area contributed by atoms with Crippen LogP contribution in [-0.2, 0) is 28.7 Å². The van der Waals surface area contributed by atoms with Gasteiger partial charge in [-0.1, -0.05) is 41.0 Å². The van der Waals surface area contributed by atoms with Crippen molar-refractivity contribution < 1.29 is 22.8 Å². The summed E-state index contributed by atoms with van der Waals surface area (Å²) in [6.07, 6.45) is -4.72. The number of carbonyl (C=O) groups excluding carboxylic acids is 2. The third kappa shape index (κ3) is 6.87. The van der Waals surface area contributed by atoms with Crippen molar-refractivity contribution in [2.75, 3.05) is 16.4 Å². The molecule has 0 radical (unpaired) electrons. The van der Waals surface area contributed by atoms with Gasteiger partial charge in [0, 0.05) is 17.3 Å². The zero-order chi connectivity index (χ0) is 24.9. The zero-order valence-electron chi connectivity index (χ0n) is 17.6. The van der Waals surface area contributed by atoms with Crippen LogP contribution in [-0.4, -0.2) is 32.3 Å². The van der Waals surface area contributed by atoms with Crippen molar-refractivity contribution in [2.24, 2.45) is 0 Å². The standard InChI is InChI=1S/C21H18Cl2F3N5O2S/c1-2-31-17(10-18(32)27-14-5-3-4-12(8-14)21(24,25)26)29-30-20(31)34-11-19(33)28-16-9-13(22)6-7-15(16)23/h3-9H,2,10-11H2,1H3,(H,27,32)(H,28,33). The fourth-order valence-electron chi connectivity index (χ4n) is 2.91. The molecule has 0 bridgehead atoms. The van der Waals surface area contributed by atoms with E-state index >= 15 is 0 Å². The van der Waals surface area contributed by atoms with Gasteiger partial charge in [0.15, 0.2) is 5.16 Å². The van der Waals surface area contributed by atoms with Crippen molar-refractivity contribution in [3.05, 3.63) is 63.9 Å². The van der Waals surface area contributed by atoms with E-state index in [1.165, 1.54) is 18.2 Å². The molecular weight excluding hydrogens is 514 g/mol. The van der Waals surface area contributed by atoms with E-state index in [1.54, 1.807) is 16.7 Å². The van der Waals surface area contributed by atoms with E-state index in [9.17, 15) is 22.8 Å². The van der Waals surface area contributed by atoms with Gasteiger partial charge in [-0.3, -0.25) is 9.59 Å². The molecule has 180 valence electrons. The summed E-state index contributed by atoms with van der Waals surface area (Å²) in [6, 6.07) is 9.05. The van der Waals surface area contributed by atoms with E-state index < -0.39 is 17.6 Å². The third-order valence-electron chi connectivity index (χ3n) is 4.44. The van der Waals surface area contributed by atoms with Crippen molar-refractivity contribution in [3.63, 3.8) is 0 Å². The highest BCUT2D eigenvalue weighted by Gasteiger charge is 2.30. The first kappa shape index (κ1) is 25.9. The molecular formula is C21H18Cl2F3N5O2S. The van der Waals surface area contributed by atoms with Crippen LogP contribution in [0.15, 0.2) is 47.6 Å². The summed E-state index contributed by atoms with van der Waals surface area (Å²) in [6.45, 7) is 2.23. The van der Waals surface area contributed by atoms with Gasteiger partial charge >= 0.3 is 6.18 Å². The van der Waals surface area contributed by atoms with Crippen LogP contribution in [0, 0.1) is 0 Å². The molecule has 0 saturated heterocycles. The first-order chi connectivity index (χ1) is 16.1. The Morgan fingerprint density at radius 3 is 2.53 bits per heavy atom. The van der Waals surface area contributed by atoms with Gasteiger partial charge in [0.2, 0.25) is 11.8 Å². The van der Waals surface area contributed by atoms with Crippen LogP contribution >= 0.6 is 35.0 Å². The number of rotatable bonds is 8. The molecule has 0 unspecified atom stereocenters. The van der Waals surface area contributed by atoms with E-state index in [2.05, 4.69) is 20.8 Å². The molecule has 3 aromatic rings. The zero-order valence-corrected chi connectivity index (χ0v) is 19.9. The fraction of sp³-hybridized carbons (Fsp3) is 0.238. The number of benzene rings is 2. The molecule has 3 rings (SSSR count). The summed E-state index contributed by atoms with van der Waals surface area (Å²) < 4.78 is 40.2. The Kier molecular flexibility index (Phi) is 8.45. The van der Waals surface area contributed by atoms with Crippen LogP contribution < -0.4 is 10.6 Å². The number of hydrogen-bond acceptors (Lipinski definition) is 5. The molecule has 0 saturated carbocycles. The van der Waals surface area contributed by atoms with Gasteiger partial charge in [0.1, 0.15) is 5.82 Å². The van der Waals surface area contributed by atoms with Crippen LogP contribution in [0.3, 0.4) is 0 Å². The minimum atomic E-state index is -4.51. The maximum atomic E-state index is 12.9. The highest BCUT2D eigenvalue weighted by molar-refractivity contribution is 7.99. The quantitative estimate of drug-likeness (QED) is 0.372. The van der Waals surface area contributed by atoms with Gasteiger partial charge in [-0.2, -0.15) is 13.2 Å². The molecule has 0 aliphatic rings. The van der Waals surface area contributed by atoms with Gasteiger partial charge in [0.05, 0.1) is 28.4 Å². The van der Waals surface area contributed by atoms with E-state index in [1.807, 2.05) is 6.92 Å². The average Bonchev–Trinajstić information content (AvgIpc) is 3.15. The highest BCUT2D eigenvalue weighted by Crippen LogP contribution is 2.31. The predicted molar refractivity (Wildman–Crippen MR) is 125 cm³/mol. The molecule has 7 nitrogen and oxygen atoms in total. The number of thioether (sulfide) groups is 1. The summed E-state index contributed by atoms with van der Waals surface area (Å²) >= 11 is 13.1. The molecule has 0 aliphatic heterocycles. The molecule has 0 aliphatic carbocycles. The normalized spacial score (nSPS) is 11.4. The Balaban J connectivity index is 1.61. The Morgan fingerprint density at radius 1 is 1.06 bits per heavy atom. The molecule has 1 aromatic heterocycles. The molecule has 2 amide bonds.